The number of hydrogen-bond donors (Lipinski definition) is 1. The van der Waals surface area contributed by atoms with Gasteiger partial charge in [0.1, 0.15) is 0 Å². The summed E-state index contributed by atoms with van der Waals surface area (Å²) in [5.74, 6) is 0.806. The number of nitrogens with one attached hydrogen (secondary N) is 1. The highest BCUT2D eigenvalue weighted by atomic mass is 14.9. The summed E-state index contributed by atoms with van der Waals surface area (Å²) < 4.78 is 0. The molecular weight excluding hydrogens is 182 g/mol. The van der Waals surface area contributed by atoms with E-state index in [-0.39, 0.29) is 0 Å². The summed E-state index contributed by atoms with van der Waals surface area (Å²) in [6.07, 6.45) is 4.41. The first-order chi connectivity index (χ1) is 7.28. The van der Waals surface area contributed by atoms with Crippen LogP contribution in [0.5, 0.6) is 0 Å². The second-order valence-corrected chi connectivity index (χ2v) is 4.56. The molecule has 1 nitrogen and oxygen atoms in total. The number of benzene rings is 1. The molecule has 0 spiro atoms. The van der Waals surface area contributed by atoms with Gasteiger partial charge in [0, 0.05) is 6.04 Å². The third-order valence-electron chi connectivity index (χ3n) is 3.15. The molecule has 0 bridgehead atoms. The molecule has 15 heavy (non-hydrogen) atoms. The van der Waals surface area contributed by atoms with E-state index in [0.717, 1.165) is 5.92 Å². The lowest BCUT2D eigenvalue weighted by molar-refractivity contribution is 0.565. The third kappa shape index (κ3) is 2.69. The quantitative estimate of drug-likeness (QED) is 0.793. The van der Waals surface area contributed by atoms with Crippen molar-refractivity contribution in [1.82, 2.24) is 5.32 Å². The van der Waals surface area contributed by atoms with E-state index in [2.05, 4.69) is 43.1 Å². The van der Waals surface area contributed by atoms with Gasteiger partial charge in [-0.05, 0) is 43.4 Å². The molecule has 2 unspecified atom stereocenters. The topological polar surface area (TPSA) is 12.0 Å². The second-order valence-electron chi connectivity index (χ2n) is 4.56. The van der Waals surface area contributed by atoms with Crippen molar-refractivity contribution in [3.05, 3.63) is 42.0 Å². The molecular formula is C14H19N. The van der Waals surface area contributed by atoms with Crippen LogP contribution in [0.4, 0.5) is 0 Å². The summed E-state index contributed by atoms with van der Waals surface area (Å²) in [7, 11) is 0. The van der Waals surface area contributed by atoms with Gasteiger partial charge in [0.25, 0.3) is 0 Å². The molecule has 1 aliphatic heterocycles. The molecule has 1 heteroatoms. The van der Waals surface area contributed by atoms with Crippen molar-refractivity contribution in [1.29, 1.82) is 0 Å². The summed E-state index contributed by atoms with van der Waals surface area (Å²) >= 11 is 0. The number of rotatable bonds is 3. The summed E-state index contributed by atoms with van der Waals surface area (Å²) in [5.41, 5.74) is 2.67. The molecule has 2 atom stereocenters. The predicted octanol–water partition coefficient (Wildman–Crippen LogP) is 2.87. The van der Waals surface area contributed by atoms with Crippen LogP contribution < -0.4 is 5.32 Å². The van der Waals surface area contributed by atoms with E-state index in [1.165, 1.54) is 30.5 Å². The van der Waals surface area contributed by atoms with Gasteiger partial charge in [-0.2, -0.15) is 0 Å². The molecule has 0 amide bonds. The average Bonchev–Trinajstić information content (AvgIpc) is 2.64. The van der Waals surface area contributed by atoms with Gasteiger partial charge in [0.05, 0.1) is 0 Å². The molecule has 80 valence electrons. The molecule has 2 rings (SSSR count). The molecule has 0 aromatic heterocycles. The summed E-state index contributed by atoms with van der Waals surface area (Å²) in [5, 5.41) is 3.50. The van der Waals surface area contributed by atoms with E-state index in [1.54, 1.807) is 0 Å². The van der Waals surface area contributed by atoms with Crippen molar-refractivity contribution in [2.75, 3.05) is 6.54 Å². The van der Waals surface area contributed by atoms with Crippen molar-refractivity contribution in [2.24, 2.45) is 5.92 Å². The van der Waals surface area contributed by atoms with E-state index in [0.29, 0.717) is 6.04 Å². The van der Waals surface area contributed by atoms with E-state index >= 15 is 0 Å². The molecule has 1 aromatic carbocycles. The molecule has 1 aromatic rings. The van der Waals surface area contributed by atoms with E-state index in [4.69, 9.17) is 0 Å². The van der Waals surface area contributed by atoms with Crippen LogP contribution in [-0.4, -0.2) is 12.6 Å². The van der Waals surface area contributed by atoms with Crippen molar-refractivity contribution in [2.45, 2.75) is 25.8 Å². The highest BCUT2D eigenvalue weighted by Gasteiger charge is 2.20. The third-order valence-corrected chi connectivity index (χ3v) is 3.15. The maximum absolute atomic E-state index is 3.80. The maximum Gasteiger partial charge on any atom is 0.00420 e. The van der Waals surface area contributed by atoms with E-state index < -0.39 is 0 Å². The zero-order chi connectivity index (χ0) is 10.7. The highest BCUT2D eigenvalue weighted by Crippen LogP contribution is 2.19. The molecule has 1 fully saturated rings. The summed E-state index contributed by atoms with van der Waals surface area (Å²) in [6.45, 7) is 7.23. The zero-order valence-electron chi connectivity index (χ0n) is 9.37. The minimum Gasteiger partial charge on any atom is -0.314 e. The van der Waals surface area contributed by atoms with Crippen molar-refractivity contribution in [3.63, 3.8) is 0 Å². The van der Waals surface area contributed by atoms with Gasteiger partial charge in [0.15, 0.2) is 0 Å². The van der Waals surface area contributed by atoms with Crippen LogP contribution in [0.15, 0.2) is 30.8 Å². The van der Waals surface area contributed by atoms with Crippen LogP contribution in [0, 0.1) is 5.92 Å². The van der Waals surface area contributed by atoms with Gasteiger partial charge in [0.2, 0.25) is 0 Å². The molecule has 1 heterocycles. The Morgan fingerprint density at radius 2 is 2.40 bits per heavy atom. The largest absolute Gasteiger partial charge is 0.314 e. The molecule has 0 aliphatic carbocycles. The van der Waals surface area contributed by atoms with Crippen LogP contribution in [0.25, 0.3) is 6.08 Å². The monoisotopic (exact) mass is 201 g/mol. The fraction of sp³-hybridized carbons (Fsp3) is 0.429. The van der Waals surface area contributed by atoms with Crippen molar-refractivity contribution >= 4 is 6.08 Å². The maximum atomic E-state index is 3.80. The Balaban J connectivity index is 2.01. The van der Waals surface area contributed by atoms with Gasteiger partial charge < -0.3 is 5.32 Å². The lowest BCUT2D eigenvalue weighted by Crippen LogP contribution is -2.17. The van der Waals surface area contributed by atoms with Crippen LogP contribution in [0.2, 0.25) is 0 Å². The first-order valence-electron chi connectivity index (χ1n) is 5.72. The summed E-state index contributed by atoms with van der Waals surface area (Å²) in [4.78, 5) is 0. The predicted molar refractivity (Wildman–Crippen MR) is 65.8 cm³/mol. The lowest BCUT2D eigenvalue weighted by Gasteiger charge is -2.08. The van der Waals surface area contributed by atoms with Crippen LogP contribution in [0.1, 0.15) is 24.5 Å². The Bertz CT molecular complexity index is 343. The SMILES string of the molecule is C=Cc1cccc(CC2CNC(C)C2)c1. The molecule has 0 radical (unpaired) electrons. The zero-order valence-corrected chi connectivity index (χ0v) is 9.37. The van der Waals surface area contributed by atoms with Gasteiger partial charge >= 0.3 is 0 Å². The molecule has 1 saturated heterocycles. The van der Waals surface area contributed by atoms with Gasteiger partial charge in [-0.1, -0.05) is 36.9 Å². The fourth-order valence-electron chi connectivity index (χ4n) is 2.37. The van der Waals surface area contributed by atoms with Gasteiger partial charge in [-0.25, -0.2) is 0 Å². The molecule has 1 aliphatic rings. The van der Waals surface area contributed by atoms with E-state index in [1.807, 2.05) is 6.08 Å². The van der Waals surface area contributed by atoms with Gasteiger partial charge in [-0.15, -0.1) is 0 Å². The normalized spacial score (nSPS) is 25.4. The smallest absolute Gasteiger partial charge is 0.00420 e. The highest BCUT2D eigenvalue weighted by molar-refractivity contribution is 5.47. The first-order valence-corrected chi connectivity index (χ1v) is 5.72. The fourth-order valence-corrected chi connectivity index (χ4v) is 2.37. The van der Waals surface area contributed by atoms with Crippen molar-refractivity contribution < 1.29 is 0 Å². The minimum atomic E-state index is 0.692. The summed E-state index contributed by atoms with van der Waals surface area (Å²) in [6, 6.07) is 9.38. The van der Waals surface area contributed by atoms with Crippen molar-refractivity contribution in [3.8, 4) is 0 Å². The molecule has 0 saturated carbocycles. The Labute approximate surface area is 92.2 Å². The Hall–Kier alpha value is -1.08. The van der Waals surface area contributed by atoms with Crippen LogP contribution in [-0.2, 0) is 6.42 Å². The van der Waals surface area contributed by atoms with Gasteiger partial charge in [-0.3, -0.25) is 0 Å². The Morgan fingerprint density at radius 3 is 3.07 bits per heavy atom. The van der Waals surface area contributed by atoms with Crippen LogP contribution in [0.3, 0.4) is 0 Å². The Morgan fingerprint density at radius 1 is 1.53 bits per heavy atom. The van der Waals surface area contributed by atoms with Crippen LogP contribution >= 0.6 is 0 Å². The lowest BCUT2D eigenvalue weighted by atomic mass is 9.96. The molecule has 1 N–H and O–H groups in total. The Kier molecular flexibility index (Phi) is 3.22. The standard InChI is InChI=1S/C14H19N/c1-3-12-5-4-6-13(8-12)9-14-7-11(2)15-10-14/h3-6,8,11,14-15H,1,7,9-10H2,2H3. The first kappa shape index (κ1) is 10.4. The second kappa shape index (κ2) is 4.63. The minimum absolute atomic E-state index is 0.692. The average molecular weight is 201 g/mol. The van der Waals surface area contributed by atoms with E-state index in [9.17, 15) is 0 Å². The number of hydrogen-bond acceptors (Lipinski definition) is 1.